The third-order valence-corrected chi connectivity index (χ3v) is 7.44. The summed E-state index contributed by atoms with van der Waals surface area (Å²) in [7, 11) is -4.43. The minimum atomic E-state index is -4.84. The number of thioether (sulfide) groups is 1. The van der Waals surface area contributed by atoms with E-state index in [9.17, 15) is 31.2 Å². The summed E-state index contributed by atoms with van der Waals surface area (Å²) in [4.78, 5) is 25.1. The predicted molar refractivity (Wildman–Crippen MR) is 125 cm³/mol. The number of anilines is 3. The molecule has 12 heteroatoms. The SMILES string of the molecule is CC1Sc2ccc(C(=O)Nc3cccc(S(=O)(=O)Nc4ccc#cc4C(F)(F)F)c3)cc2NC1=O. The fourth-order valence-electron chi connectivity index (χ4n) is 3.20. The quantitative estimate of drug-likeness (QED) is 0.450. The number of benzene rings is 2. The molecule has 0 bridgehead atoms. The highest BCUT2D eigenvalue weighted by atomic mass is 32.2. The summed E-state index contributed by atoms with van der Waals surface area (Å²) in [6.07, 6.45) is -4.84. The van der Waals surface area contributed by atoms with E-state index in [4.69, 9.17) is 0 Å². The van der Waals surface area contributed by atoms with Gasteiger partial charge in [-0.2, -0.15) is 13.2 Å². The molecule has 180 valence electrons. The summed E-state index contributed by atoms with van der Waals surface area (Å²) >= 11 is 1.36. The van der Waals surface area contributed by atoms with Crippen molar-refractivity contribution < 1.29 is 31.2 Å². The molecule has 1 heterocycles. The lowest BCUT2D eigenvalue weighted by atomic mass is 10.1. The Morgan fingerprint density at radius 2 is 1.91 bits per heavy atom. The van der Waals surface area contributed by atoms with Gasteiger partial charge in [-0.3, -0.25) is 14.3 Å². The molecule has 35 heavy (non-hydrogen) atoms. The van der Waals surface area contributed by atoms with E-state index in [2.05, 4.69) is 16.7 Å². The first-order chi connectivity index (χ1) is 16.4. The molecule has 1 unspecified atom stereocenters. The van der Waals surface area contributed by atoms with Gasteiger partial charge in [0.15, 0.2) is 0 Å². The third-order valence-electron chi connectivity index (χ3n) is 4.90. The van der Waals surface area contributed by atoms with Crippen molar-refractivity contribution in [2.75, 3.05) is 15.4 Å². The molecule has 1 aliphatic heterocycles. The Kier molecular flexibility index (Phi) is 6.40. The van der Waals surface area contributed by atoms with Gasteiger partial charge in [0.2, 0.25) is 5.91 Å². The monoisotopic (exact) mass is 519 g/mol. The Balaban J connectivity index is 1.55. The maximum atomic E-state index is 13.2. The molecule has 0 fully saturated rings. The smallest absolute Gasteiger partial charge is 0.324 e. The van der Waals surface area contributed by atoms with E-state index in [0.717, 1.165) is 23.1 Å². The van der Waals surface area contributed by atoms with Crippen LogP contribution in [0.3, 0.4) is 0 Å². The van der Waals surface area contributed by atoms with E-state index < -0.39 is 33.4 Å². The number of carbonyl (C=O) groups excluding carboxylic acids is 2. The zero-order chi connectivity index (χ0) is 25.4. The molecule has 4 rings (SSSR count). The van der Waals surface area contributed by atoms with Crippen LogP contribution in [0.25, 0.3) is 0 Å². The van der Waals surface area contributed by atoms with Gasteiger partial charge in [-0.25, -0.2) is 8.42 Å². The summed E-state index contributed by atoms with van der Waals surface area (Å²) < 4.78 is 67.0. The molecule has 2 amide bonds. The second-order valence-electron chi connectivity index (χ2n) is 7.44. The van der Waals surface area contributed by atoms with Crippen LogP contribution in [0.15, 0.2) is 64.4 Å². The molecule has 0 aromatic heterocycles. The van der Waals surface area contributed by atoms with Crippen LogP contribution in [-0.2, 0) is 21.0 Å². The van der Waals surface area contributed by atoms with E-state index in [1.165, 1.54) is 36.0 Å². The van der Waals surface area contributed by atoms with Gasteiger partial charge < -0.3 is 10.6 Å². The molecule has 7 nitrogen and oxygen atoms in total. The van der Waals surface area contributed by atoms with Crippen molar-refractivity contribution in [3.8, 4) is 0 Å². The van der Waals surface area contributed by atoms with Crippen molar-refractivity contribution in [1.82, 2.24) is 0 Å². The van der Waals surface area contributed by atoms with E-state index in [0.29, 0.717) is 5.69 Å². The molecular weight excluding hydrogens is 503 g/mol. The summed E-state index contributed by atoms with van der Waals surface area (Å²) in [6.45, 7) is 1.76. The first-order valence-electron chi connectivity index (χ1n) is 9.99. The van der Waals surface area contributed by atoms with Gasteiger partial charge in [-0.05, 0) is 55.5 Å². The zero-order valence-electron chi connectivity index (χ0n) is 17.9. The fraction of sp³-hybridized carbons (Fsp3) is 0.130. The summed E-state index contributed by atoms with van der Waals surface area (Å²) in [5, 5.41) is 5.01. The Labute approximate surface area is 203 Å². The summed E-state index contributed by atoms with van der Waals surface area (Å²) in [6, 6.07) is 15.9. The summed E-state index contributed by atoms with van der Waals surface area (Å²) in [5.74, 6) is -0.756. The number of nitrogens with one attached hydrogen (secondary N) is 3. The normalized spacial score (nSPS) is 15.4. The molecule has 1 atom stereocenters. The highest BCUT2D eigenvalue weighted by Gasteiger charge is 2.35. The average molecular weight is 520 g/mol. The molecule has 3 N–H and O–H groups in total. The minimum Gasteiger partial charge on any atom is -0.324 e. The van der Waals surface area contributed by atoms with Crippen LogP contribution in [0.2, 0.25) is 0 Å². The first kappa shape index (κ1) is 24.4. The molecule has 0 spiro atoms. The van der Waals surface area contributed by atoms with Crippen LogP contribution in [0.4, 0.5) is 30.2 Å². The maximum Gasteiger partial charge on any atom is 0.426 e. The number of sulfonamides is 1. The molecule has 3 aromatic carbocycles. The number of amides is 2. The maximum absolute atomic E-state index is 13.2. The van der Waals surface area contributed by atoms with Crippen molar-refractivity contribution in [2.45, 2.75) is 28.1 Å². The number of hydrogen-bond acceptors (Lipinski definition) is 5. The van der Waals surface area contributed by atoms with Crippen molar-refractivity contribution >= 4 is 50.7 Å². The standard InChI is InChI=1S/C23H16F3N3O4S2/c1-13-21(30)28-19-11-14(9-10-20(19)34-13)22(31)27-15-5-4-6-16(12-15)35(32,33)29-18-8-3-2-7-17(18)23(24,25)26/h3-6,8-13,29H,1H3,(H,27,31)(H,28,30). The van der Waals surface area contributed by atoms with Crippen molar-refractivity contribution in [2.24, 2.45) is 0 Å². The molecule has 0 saturated heterocycles. The van der Waals surface area contributed by atoms with E-state index in [1.54, 1.807) is 19.1 Å². The lowest BCUT2D eigenvalue weighted by molar-refractivity contribution is -0.136. The number of fused-ring (bicyclic) bond motifs is 1. The molecule has 3 aromatic rings. The van der Waals surface area contributed by atoms with Gasteiger partial charge in [-0.1, -0.05) is 18.2 Å². The van der Waals surface area contributed by atoms with E-state index >= 15 is 0 Å². The first-order valence-corrected chi connectivity index (χ1v) is 12.4. The molecular formula is C23H16F3N3O4S2. The highest BCUT2D eigenvalue weighted by molar-refractivity contribution is 8.01. The van der Waals surface area contributed by atoms with Gasteiger partial charge in [-0.15, -0.1) is 11.8 Å². The number of rotatable bonds is 5. The van der Waals surface area contributed by atoms with Crippen LogP contribution in [0.5, 0.6) is 0 Å². The van der Waals surface area contributed by atoms with Gasteiger partial charge >= 0.3 is 6.18 Å². The van der Waals surface area contributed by atoms with Gasteiger partial charge in [0.1, 0.15) is 5.56 Å². The van der Waals surface area contributed by atoms with Crippen LogP contribution in [0, 0.1) is 12.1 Å². The average Bonchev–Trinajstić information content (AvgIpc) is 2.79. The van der Waals surface area contributed by atoms with Crippen LogP contribution in [-0.4, -0.2) is 25.5 Å². The Morgan fingerprint density at radius 3 is 2.66 bits per heavy atom. The number of hydrogen-bond donors (Lipinski definition) is 3. The van der Waals surface area contributed by atoms with Crippen LogP contribution < -0.4 is 15.4 Å². The van der Waals surface area contributed by atoms with Crippen molar-refractivity contribution in [3.63, 3.8) is 0 Å². The Morgan fingerprint density at radius 1 is 1.14 bits per heavy atom. The number of alkyl halides is 3. The molecule has 1 aliphatic rings. The van der Waals surface area contributed by atoms with E-state index in [1.807, 2.05) is 10.8 Å². The van der Waals surface area contributed by atoms with Crippen molar-refractivity contribution in [1.29, 1.82) is 0 Å². The fourth-order valence-corrected chi connectivity index (χ4v) is 5.24. The number of carbonyl (C=O) groups is 2. The van der Waals surface area contributed by atoms with Gasteiger partial charge in [0, 0.05) is 16.1 Å². The minimum absolute atomic E-state index is 0.103. The third kappa shape index (κ3) is 5.36. The number of halogens is 3. The second-order valence-corrected chi connectivity index (χ2v) is 10.5. The summed E-state index contributed by atoms with van der Waals surface area (Å²) in [5.41, 5.74) is -1.19. The van der Waals surface area contributed by atoms with Gasteiger partial charge in [0.25, 0.3) is 15.9 Å². The second kappa shape index (κ2) is 9.16. The van der Waals surface area contributed by atoms with Crippen molar-refractivity contribution in [3.05, 3.63) is 77.9 Å². The lowest BCUT2D eigenvalue weighted by Gasteiger charge is -2.21. The topological polar surface area (TPSA) is 104 Å². The van der Waals surface area contributed by atoms with Gasteiger partial charge in [0.05, 0.1) is 21.5 Å². The Hall–Kier alpha value is -3.69. The van der Waals surface area contributed by atoms with E-state index in [-0.39, 0.29) is 27.3 Å². The molecule has 0 saturated carbocycles. The Bertz CT molecular complexity index is 1430. The zero-order valence-corrected chi connectivity index (χ0v) is 19.5. The van der Waals surface area contributed by atoms with Crippen LogP contribution >= 0.6 is 11.8 Å². The van der Waals surface area contributed by atoms with Crippen LogP contribution in [0.1, 0.15) is 22.8 Å². The largest absolute Gasteiger partial charge is 0.426 e. The molecule has 0 radical (unpaired) electrons. The lowest BCUT2D eigenvalue weighted by Crippen LogP contribution is -2.26. The highest BCUT2D eigenvalue weighted by Crippen LogP contribution is 2.36. The predicted octanol–water partition coefficient (Wildman–Crippen LogP) is 4.79. The molecule has 0 aliphatic carbocycles.